The molecule has 0 spiro atoms. The van der Waals surface area contributed by atoms with Crippen molar-refractivity contribution in [1.82, 2.24) is 4.98 Å². The van der Waals surface area contributed by atoms with Crippen LogP contribution in [0.3, 0.4) is 0 Å². The minimum absolute atomic E-state index is 0.00488. The normalized spacial score (nSPS) is 10.5. The molecule has 1 aromatic heterocycles. The lowest BCUT2D eigenvalue weighted by atomic mass is 10.2. The molecular weight excluding hydrogens is 283 g/mol. The summed E-state index contributed by atoms with van der Waals surface area (Å²) < 4.78 is 38.1. The Morgan fingerprint density at radius 2 is 2.00 bits per heavy atom. The molecule has 4 nitrogen and oxygen atoms in total. The maximum Gasteiger partial charge on any atom is 0.274 e. The second kappa shape index (κ2) is 6.25. The quantitative estimate of drug-likeness (QED) is 0.908. The molecule has 0 fully saturated rings. The van der Waals surface area contributed by atoms with Crippen LogP contribution in [0.2, 0.25) is 0 Å². The van der Waals surface area contributed by atoms with Crippen molar-refractivity contribution in [3.8, 4) is 0 Å². The summed E-state index contributed by atoms with van der Waals surface area (Å²) in [6, 6.07) is 6.35. The first-order chi connectivity index (χ1) is 10.0. The molecular formula is C14H12F3N3O. The molecule has 110 valence electrons. The molecule has 21 heavy (non-hydrogen) atoms. The highest BCUT2D eigenvalue weighted by Gasteiger charge is 2.12. The summed E-state index contributed by atoms with van der Waals surface area (Å²) >= 11 is 0. The number of nitrogens with one attached hydrogen (secondary N) is 2. The molecule has 0 aliphatic rings. The third-order valence-corrected chi connectivity index (χ3v) is 2.76. The van der Waals surface area contributed by atoms with Gasteiger partial charge in [-0.25, -0.2) is 13.2 Å². The van der Waals surface area contributed by atoms with E-state index in [2.05, 4.69) is 15.6 Å². The zero-order valence-electron chi connectivity index (χ0n) is 11.0. The summed E-state index contributed by atoms with van der Waals surface area (Å²) in [7, 11) is 1.55. The first kappa shape index (κ1) is 14.8. The van der Waals surface area contributed by atoms with Gasteiger partial charge in [-0.1, -0.05) is 0 Å². The smallest absolute Gasteiger partial charge is 0.274 e. The standard InChI is InChI=1S/C14H12F3N3O/c1-18-12-6-9(3-4-10(12)15)20-14(21)11-5-2-8(7-19-11)13(16)17/h2-7,13,18H,1H3,(H,20,21). The molecule has 0 unspecified atom stereocenters. The molecule has 2 rings (SSSR count). The Labute approximate surface area is 119 Å². The van der Waals surface area contributed by atoms with Crippen molar-refractivity contribution in [2.75, 3.05) is 17.7 Å². The van der Waals surface area contributed by atoms with Crippen LogP contribution in [0.15, 0.2) is 36.5 Å². The molecule has 0 saturated heterocycles. The highest BCUT2D eigenvalue weighted by atomic mass is 19.3. The molecule has 1 aromatic carbocycles. The molecule has 2 aromatic rings. The molecule has 7 heteroatoms. The molecule has 0 atom stereocenters. The van der Waals surface area contributed by atoms with Gasteiger partial charge in [0, 0.05) is 24.5 Å². The number of aromatic nitrogens is 1. The van der Waals surface area contributed by atoms with Gasteiger partial charge in [-0.15, -0.1) is 0 Å². The largest absolute Gasteiger partial charge is 0.386 e. The highest BCUT2D eigenvalue weighted by Crippen LogP contribution is 2.20. The van der Waals surface area contributed by atoms with Crippen molar-refractivity contribution in [3.63, 3.8) is 0 Å². The minimum Gasteiger partial charge on any atom is -0.386 e. The first-order valence-electron chi connectivity index (χ1n) is 6.04. The molecule has 1 heterocycles. The van der Waals surface area contributed by atoms with Crippen LogP contribution in [0, 0.1) is 5.82 Å². The van der Waals surface area contributed by atoms with Crippen molar-refractivity contribution >= 4 is 17.3 Å². The van der Waals surface area contributed by atoms with Crippen LogP contribution in [0.5, 0.6) is 0 Å². The summed E-state index contributed by atoms with van der Waals surface area (Å²) in [4.78, 5) is 15.6. The van der Waals surface area contributed by atoms with Gasteiger partial charge in [-0.2, -0.15) is 0 Å². The van der Waals surface area contributed by atoms with Crippen molar-refractivity contribution in [1.29, 1.82) is 0 Å². The van der Waals surface area contributed by atoms with E-state index in [1.165, 1.54) is 24.3 Å². The molecule has 0 radical (unpaired) electrons. The number of benzene rings is 1. The van der Waals surface area contributed by atoms with Crippen molar-refractivity contribution in [2.24, 2.45) is 0 Å². The Hall–Kier alpha value is -2.57. The van der Waals surface area contributed by atoms with Crippen LogP contribution in [0.25, 0.3) is 0 Å². The van der Waals surface area contributed by atoms with Crippen LogP contribution in [0.4, 0.5) is 24.5 Å². The number of alkyl halides is 2. The van der Waals surface area contributed by atoms with Crippen molar-refractivity contribution in [3.05, 3.63) is 53.6 Å². The zero-order valence-corrected chi connectivity index (χ0v) is 11.0. The van der Waals surface area contributed by atoms with Gasteiger partial charge in [0.05, 0.1) is 5.69 Å². The lowest BCUT2D eigenvalue weighted by molar-refractivity contribution is 0.102. The maximum absolute atomic E-state index is 13.3. The summed E-state index contributed by atoms with van der Waals surface area (Å²) in [6.07, 6.45) is -1.69. The van der Waals surface area contributed by atoms with E-state index in [4.69, 9.17) is 0 Å². The van der Waals surface area contributed by atoms with Gasteiger partial charge in [-0.3, -0.25) is 9.78 Å². The average Bonchev–Trinajstić information content (AvgIpc) is 2.49. The fourth-order valence-corrected chi connectivity index (χ4v) is 1.66. The van der Waals surface area contributed by atoms with Gasteiger partial charge in [0.2, 0.25) is 0 Å². The molecule has 0 aliphatic carbocycles. The van der Waals surface area contributed by atoms with E-state index in [1.54, 1.807) is 7.05 Å². The van der Waals surface area contributed by atoms with Gasteiger partial charge in [-0.05, 0) is 30.3 Å². The van der Waals surface area contributed by atoms with E-state index in [1.807, 2.05) is 0 Å². The Morgan fingerprint density at radius 1 is 1.24 bits per heavy atom. The summed E-state index contributed by atoms with van der Waals surface area (Å²) in [6.45, 7) is 0. The summed E-state index contributed by atoms with van der Waals surface area (Å²) in [5, 5.41) is 5.16. The minimum atomic E-state index is -2.63. The number of hydrogen-bond acceptors (Lipinski definition) is 3. The number of halogens is 3. The maximum atomic E-state index is 13.3. The van der Waals surface area contributed by atoms with E-state index in [0.29, 0.717) is 5.69 Å². The van der Waals surface area contributed by atoms with Crippen LogP contribution in [-0.2, 0) is 0 Å². The first-order valence-corrected chi connectivity index (χ1v) is 6.04. The lowest BCUT2D eigenvalue weighted by Crippen LogP contribution is -2.14. The number of anilines is 2. The van der Waals surface area contributed by atoms with Crippen LogP contribution < -0.4 is 10.6 Å². The van der Waals surface area contributed by atoms with Gasteiger partial charge in [0.15, 0.2) is 0 Å². The predicted molar refractivity (Wildman–Crippen MR) is 73.1 cm³/mol. The van der Waals surface area contributed by atoms with E-state index >= 15 is 0 Å². The topological polar surface area (TPSA) is 54.0 Å². The number of pyridine rings is 1. The van der Waals surface area contributed by atoms with Crippen LogP contribution in [-0.4, -0.2) is 17.9 Å². The van der Waals surface area contributed by atoms with Crippen LogP contribution in [0.1, 0.15) is 22.5 Å². The number of rotatable bonds is 4. The number of carbonyl (C=O) groups is 1. The van der Waals surface area contributed by atoms with Crippen LogP contribution >= 0.6 is 0 Å². The lowest BCUT2D eigenvalue weighted by Gasteiger charge is -2.08. The number of amides is 1. The third kappa shape index (κ3) is 3.50. The fraction of sp³-hybridized carbons (Fsp3) is 0.143. The predicted octanol–water partition coefficient (Wildman–Crippen LogP) is 3.45. The van der Waals surface area contributed by atoms with Crippen molar-refractivity contribution < 1.29 is 18.0 Å². The number of carbonyl (C=O) groups excluding carboxylic acids is 1. The molecule has 0 saturated carbocycles. The second-order valence-corrected chi connectivity index (χ2v) is 4.18. The van der Waals surface area contributed by atoms with Crippen molar-refractivity contribution in [2.45, 2.75) is 6.43 Å². The van der Waals surface area contributed by atoms with E-state index in [0.717, 1.165) is 12.3 Å². The SMILES string of the molecule is CNc1cc(NC(=O)c2ccc(C(F)F)cn2)ccc1F. The Bertz CT molecular complexity index is 644. The summed E-state index contributed by atoms with van der Waals surface area (Å²) in [5.41, 5.74) is 0.333. The van der Waals surface area contributed by atoms with Gasteiger partial charge < -0.3 is 10.6 Å². The number of nitrogens with zero attached hydrogens (tertiary/aromatic N) is 1. The summed E-state index contributed by atoms with van der Waals surface area (Å²) in [5.74, 6) is -1.01. The van der Waals surface area contributed by atoms with E-state index in [9.17, 15) is 18.0 Å². The Kier molecular flexibility index (Phi) is 4.42. The monoisotopic (exact) mass is 295 g/mol. The van der Waals surface area contributed by atoms with E-state index in [-0.39, 0.29) is 16.9 Å². The number of hydrogen-bond donors (Lipinski definition) is 2. The van der Waals surface area contributed by atoms with Gasteiger partial charge in [0.25, 0.3) is 12.3 Å². The molecule has 0 aliphatic heterocycles. The molecule has 1 amide bonds. The molecule has 2 N–H and O–H groups in total. The zero-order chi connectivity index (χ0) is 15.4. The van der Waals surface area contributed by atoms with Gasteiger partial charge in [0.1, 0.15) is 11.5 Å². The van der Waals surface area contributed by atoms with E-state index < -0.39 is 18.1 Å². The molecule has 0 bridgehead atoms. The average molecular weight is 295 g/mol. The Balaban J connectivity index is 2.14. The van der Waals surface area contributed by atoms with Gasteiger partial charge >= 0.3 is 0 Å². The Morgan fingerprint density at radius 3 is 2.57 bits per heavy atom. The third-order valence-electron chi connectivity index (χ3n) is 2.76. The second-order valence-electron chi connectivity index (χ2n) is 4.18. The highest BCUT2D eigenvalue weighted by molar-refractivity contribution is 6.03. The fourth-order valence-electron chi connectivity index (χ4n) is 1.66.